The molecular formula is C53H97NO8. The lowest BCUT2D eigenvalue weighted by Gasteiger charge is -2.40. The predicted molar refractivity (Wildman–Crippen MR) is 258 cm³/mol. The molecule has 0 spiro atoms. The second-order valence-electron chi connectivity index (χ2n) is 18.0. The molecule has 1 rings (SSSR count). The first-order valence-corrected chi connectivity index (χ1v) is 25.9. The molecule has 9 heteroatoms. The highest BCUT2D eigenvalue weighted by Gasteiger charge is 2.44. The Balaban J connectivity index is 1.97. The van der Waals surface area contributed by atoms with E-state index in [1.807, 2.05) is 6.08 Å². The van der Waals surface area contributed by atoms with Crippen molar-refractivity contribution in [2.45, 2.75) is 269 Å². The van der Waals surface area contributed by atoms with E-state index in [1.54, 1.807) is 6.08 Å². The van der Waals surface area contributed by atoms with Gasteiger partial charge in [-0.1, -0.05) is 217 Å². The maximum absolute atomic E-state index is 12.8. The molecule has 7 unspecified atom stereocenters. The highest BCUT2D eigenvalue weighted by atomic mass is 16.7. The van der Waals surface area contributed by atoms with Gasteiger partial charge in [-0.15, -0.1) is 0 Å². The summed E-state index contributed by atoms with van der Waals surface area (Å²) in [5.74, 6) is -0.185. The van der Waals surface area contributed by atoms with Gasteiger partial charge in [-0.2, -0.15) is 0 Å². The summed E-state index contributed by atoms with van der Waals surface area (Å²) in [5, 5.41) is 53.6. The largest absolute Gasteiger partial charge is 0.394 e. The van der Waals surface area contributed by atoms with Crippen LogP contribution in [-0.2, 0) is 14.3 Å². The summed E-state index contributed by atoms with van der Waals surface area (Å²) in [6, 6.07) is -0.799. The van der Waals surface area contributed by atoms with E-state index < -0.39 is 49.5 Å². The van der Waals surface area contributed by atoms with Crippen molar-refractivity contribution in [3.8, 4) is 0 Å². The minimum Gasteiger partial charge on any atom is -0.394 e. The molecular weight excluding hydrogens is 779 g/mol. The van der Waals surface area contributed by atoms with Gasteiger partial charge in [0, 0.05) is 6.42 Å². The number of hydrogen-bond acceptors (Lipinski definition) is 8. The molecule has 62 heavy (non-hydrogen) atoms. The van der Waals surface area contributed by atoms with Crippen LogP contribution in [-0.4, -0.2) is 87.5 Å². The molecule has 0 aliphatic carbocycles. The lowest BCUT2D eigenvalue weighted by molar-refractivity contribution is -0.302. The molecule has 1 aliphatic heterocycles. The molecule has 0 aromatic heterocycles. The second kappa shape index (κ2) is 43.1. The van der Waals surface area contributed by atoms with Crippen LogP contribution in [0.2, 0.25) is 0 Å². The number of rotatable bonds is 43. The summed E-state index contributed by atoms with van der Waals surface area (Å²) in [5.41, 5.74) is 0. The van der Waals surface area contributed by atoms with E-state index in [9.17, 15) is 30.3 Å². The SMILES string of the molecule is CCCC/C=C/C(O)C(COC1OC(CO)C(O)C(O)C1O)NC(=O)CCCCCCCCCCCCCCCCCCCCCC/C=C\C/C=C\C/C=C\CCCCCCC. The summed E-state index contributed by atoms with van der Waals surface area (Å²) in [4.78, 5) is 12.8. The normalized spacial score (nSPS) is 20.7. The number of carbonyl (C=O) groups is 1. The fourth-order valence-electron chi connectivity index (χ4n) is 7.97. The Bertz CT molecular complexity index is 1110. The fourth-order valence-corrected chi connectivity index (χ4v) is 7.97. The van der Waals surface area contributed by atoms with Gasteiger partial charge in [-0.05, 0) is 51.4 Å². The van der Waals surface area contributed by atoms with Crippen LogP contribution in [0.5, 0.6) is 0 Å². The average Bonchev–Trinajstić information content (AvgIpc) is 3.27. The molecule has 6 N–H and O–H groups in total. The van der Waals surface area contributed by atoms with Gasteiger partial charge in [0.15, 0.2) is 6.29 Å². The molecule has 0 aromatic carbocycles. The summed E-state index contributed by atoms with van der Waals surface area (Å²) < 4.78 is 11.1. The van der Waals surface area contributed by atoms with Crippen LogP contribution in [0.4, 0.5) is 0 Å². The second-order valence-corrected chi connectivity index (χ2v) is 18.0. The standard InChI is InChI=1S/C53H97NO8/c1-3-5-7-9-10-11-12-13-14-15-16-17-18-19-20-21-22-23-24-25-26-27-28-29-30-31-32-33-34-35-36-37-38-39-41-43-49(57)54-46(47(56)42-40-8-6-4-2)45-61-53-52(60)51(59)50(58)48(44-55)62-53/h12-13,15-16,18-19,40,42,46-48,50-53,55-56,58-60H,3-11,14,17,20-39,41,43-45H2,1-2H3,(H,54,57)/b13-12-,16-15-,19-18-,42-40+. The van der Waals surface area contributed by atoms with Gasteiger partial charge >= 0.3 is 0 Å². The van der Waals surface area contributed by atoms with Crippen molar-refractivity contribution >= 4 is 5.91 Å². The van der Waals surface area contributed by atoms with Crippen LogP contribution in [0.3, 0.4) is 0 Å². The zero-order valence-corrected chi connectivity index (χ0v) is 39.9. The van der Waals surface area contributed by atoms with Crippen LogP contribution in [0.1, 0.15) is 226 Å². The highest BCUT2D eigenvalue weighted by Crippen LogP contribution is 2.23. The summed E-state index contributed by atoms with van der Waals surface area (Å²) in [6.45, 7) is 3.61. The molecule has 1 amide bonds. The molecule has 0 saturated carbocycles. The van der Waals surface area contributed by atoms with Crippen molar-refractivity contribution in [3.63, 3.8) is 0 Å². The number of ether oxygens (including phenoxy) is 2. The summed E-state index contributed by atoms with van der Waals surface area (Å²) in [6.07, 6.45) is 49.8. The smallest absolute Gasteiger partial charge is 0.220 e. The fraction of sp³-hybridized carbons (Fsp3) is 0.830. The zero-order valence-electron chi connectivity index (χ0n) is 39.9. The van der Waals surface area contributed by atoms with Gasteiger partial charge in [0.1, 0.15) is 24.4 Å². The number of nitrogens with one attached hydrogen (secondary N) is 1. The number of unbranched alkanes of at least 4 members (excludes halogenated alkanes) is 27. The Morgan fingerprint density at radius 2 is 0.968 bits per heavy atom. The van der Waals surface area contributed by atoms with Crippen molar-refractivity contribution in [1.29, 1.82) is 0 Å². The number of allylic oxidation sites excluding steroid dienone is 7. The predicted octanol–water partition coefficient (Wildman–Crippen LogP) is 11.8. The molecule has 1 aliphatic rings. The van der Waals surface area contributed by atoms with Gasteiger partial charge in [0.05, 0.1) is 25.4 Å². The van der Waals surface area contributed by atoms with E-state index in [4.69, 9.17) is 9.47 Å². The highest BCUT2D eigenvalue weighted by molar-refractivity contribution is 5.76. The van der Waals surface area contributed by atoms with E-state index in [0.717, 1.165) is 51.4 Å². The Morgan fingerprint density at radius 1 is 0.548 bits per heavy atom. The lowest BCUT2D eigenvalue weighted by atomic mass is 9.99. The first-order valence-electron chi connectivity index (χ1n) is 25.9. The molecule has 0 bridgehead atoms. The number of amides is 1. The third-order valence-electron chi connectivity index (χ3n) is 12.1. The monoisotopic (exact) mass is 876 g/mol. The molecule has 1 saturated heterocycles. The molecule has 9 nitrogen and oxygen atoms in total. The van der Waals surface area contributed by atoms with Crippen molar-refractivity contribution in [3.05, 3.63) is 48.6 Å². The summed E-state index contributed by atoms with van der Waals surface area (Å²) >= 11 is 0. The van der Waals surface area contributed by atoms with Crippen molar-refractivity contribution in [2.24, 2.45) is 0 Å². The number of carbonyl (C=O) groups excluding carboxylic acids is 1. The van der Waals surface area contributed by atoms with Crippen LogP contribution in [0, 0.1) is 0 Å². The van der Waals surface area contributed by atoms with Crippen LogP contribution in [0.15, 0.2) is 48.6 Å². The molecule has 1 fully saturated rings. The van der Waals surface area contributed by atoms with E-state index in [2.05, 4.69) is 55.6 Å². The zero-order chi connectivity index (χ0) is 45.1. The molecule has 0 aromatic rings. The van der Waals surface area contributed by atoms with Gasteiger partial charge in [-0.3, -0.25) is 4.79 Å². The third-order valence-corrected chi connectivity index (χ3v) is 12.1. The van der Waals surface area contributed by atoms with Crippen LogP contribution >= 0.6 is 0 Å². The van der Waals surface area contributed by atoms with E-state index in [-0.39, 0.29) is 12.5 Å². The van der Waals surface area contributed by atoms with Crippen molar-refractivity contribution < 1.29 is 39.8 Å². The van der Waals surface area contributed by atoms with E-state index >= 15 is 0 Å². The lowest BCUT2D eigenvalue weighted by Crippen LogP contribution is -2.60. The Hall–Kier alpha value is -1.85. The Morgan fingerprint density at radius 3 is 1.44 bits per heavy atom. The van der Waals surface area contributed by atoms with Crippen LogP contribution < -0.4 is 5.32 Å². The average molecular weight is 876 g/mol. The van der Waals surface area contributed by atoms with Gasteiger partial charge in [0.2, 0.25) is 5.91 Å². The van der Waals surface area contributed by atoms with E-state index in [1.165, 1.54) is 154 Å². The molecule has 1 heterocycles. The Labute approximate surface area is 380 Å². The van der Waals surface area contributed by atoms with E-state index in [0.29, 0.717) is 6.42 Å². The van der Waals surface area contributed by atoms with Crippen LogP contribution in [0.25, 0.3) is 0 Å². The Kier molecular flexibility index (Phi) is 40.4. The first kappa shape index (κ1) is 58.2. The number of hydrogen-bond donors (Lipinski definition) is 6. The molecule has 0 radical (unpaired) electrons. The number of aliphatic hydroxyl groups is 5. The van der Waals surface area contributed by atoms with Crippen molar-refractivity contribution in [2.75, 3.05) is 13.2 Å². The summed E-state index contributed by atoms with van der Waals surface area (Å²) in [7, 11) is 0. The molecule has 7 atom stereocenters. The third kappa shape index (κ3) is 32.8. The minimum absolute atomic E-state index is 0.185. The quantitative estimate of drug-likeness (QED) is 0.0262. The van der Waals surface area contributed by atoms with Gasteiger partial charge in [0.25, 0.3) is 0 Å². The maximum atomic E-state index is 12.8. The minimum atomic E-state index is -1.56. The maximum Gasteiger partial charge on any atom is 0.220 e. The first-order chi connectivity index (χ1) is 30.3. The topological polar surface area (TPSA) is 149 Å². The van der Waals surface area contributed by atoms with Gasteiger partial charge < -0.3 is 40.3 Å². The number of aliphatic hydroxyl groups excluding tert-OH is 5. The van der Waals surface area contributed by atoms with Crippen molar-refractivity contribution in [1.82, 2.24) is 5.32 Å². The van der Waals surface area contributed by atoms with Gasteiger partial charge in [-0.25, -0.2) is 0 Å². The molecule has 362 valence electrons.